The quantitative estimate of drug-likeness (QED) is 0.898. The molecule has 0 heterocycles. The van der Waals surface area contributed by atoms with Crippen molar-refractivity contribution in [2.75, 3.05) is 6.54 Å². The Morgan fingerprint density at radius 3 is 2.29 bits per heavy atom. The van der Waals surface area contributed by atoms with E-state index in [9.17, 15) is 23.1 Å². The first-order valence-electron chi connectivity index (χ1n) is 6.97. The van der Waals surface area contributed by atoms with E-state index in [4.69, 9.17) is 0 Å². The zero-order chi connectivity index (χ0) is 15.5. The van der Waals surface area contributed by atoms with Gasteiger partial charge in [-0.15, -0.1) is 0 Å². The van der Waals surface area contributed by atoms with Crippen LogP contribution in [0.1, 0.15) is 31.2 Å². The van der Waals surface area contributed by atoms with Crippen LogP contribution in [0.15, 0.2) is 30.3 Å². The minimum atomic E-state index is -4.86. The van der Waals surface area contributed by atoms with Gasteiger partial charge in [-0.3, -0.25) is 4.79 Å². The Bertz CT molecular complexity index is 483. The Hall–Kier alpha value is -1.56. The van der Waals surface area contributed by atoms with Gasteiger partial charge in [-0.2, -0.15) is 13.2 Å². The molecule has 116 valence electrons. The zero-order valence-corrected chi connectivity index (χ0v) is 11.5. The van der Waals surface area contributed by atoms with E-state index >= 15 is 0 Å². The lowest BCUT2D eigenvalue weighted by molar-refractivity contribution is -0.264. The van der Waals surface area contributed by atoms with Crippen LogP contribution in [0.4, 0.5) is 13.2 Å². The third-order valence-corrected chi connectivity index (χ3v) is 3.96. The minimum Gasteiger partial charge on any atom is -0.375 e. The summed E-state index contributed by atoms with van der Waals surface area (Å²) in [5, 5.41) is 12.3. The molecule has 1 saturated carbocycles. The summed E-state index contributed by atoms with van der Waals surface area (Å²) < 4.78 is 39.6. The highest BCUT2D eigenvalue weighted by molar-refractivity contribution is 5.79. The largest absolute Gasteiger partial charge is 0.423 e. The molecule has 1 aromatic rings. The maximum Gasteiger partial charge on any atom is 0.423 e. The predicted molar refractivity (Wildman–Crippen MR) is 71.4 cm³/mol. The fourth-order valence-electron chi connectivity index (χ4n) is 2.63. The van der Waals surface area contributed by atoms with Gasteiger partial charge in [0.25, 0.3) is 0 Å². The molecule has 0 aromatic heterocycles. The van der Waals surface area contributed by atoms with Gasteiger partial charge < -0.3 is 10.4 Å². The third-order valence-electron chi connectivity index (χ3n) is 3.96. The van der Waals surface area contributed by atoms with Crippen LogP contribution < -0.4 is 5.32 Å². The number of hydrogen-bond donors (Lipinski definition) is 2. The summed E-state index contributed by atoms with van der Waals surface area (Å²) in [6.45, 7) is -0.865. The summed E-state index contributed by atoms with van der Waals surface area (Å²) in [4.78, 5) is 11.9. The number of amides is 1. The molecule has 1 atom stereocenters. The second-order valence-electron chi connectivity index (χ2n) is 5.42. The summed E-state index contributed by atoms with van der Waals surface area (Å²) >= 11 is 0. The van der Waals surface area contributed by atoms with Gasteiger partial charge in [0, 0.05) is 5.92 Å². The van der Waals surface area contributed by atoms with Crippen LogP contribution in [-0.4, -0.2) is 23.7 Å². The van der Waals surface area contributed by atoms with Gasteiger partial charge in [0.2, 0.25) is 11.5 Å². The second kappa shape index (κ2) is 6.05. The molecule has 2 N–H and O–H groups in total. The molecule has 6 heteroatoms. The van der Waals surface area contributed by atoms with E-state index in [2.05, 4.69) is 5.32 Å². The lowest BCUT2D eigenvalue weighted by Gasteiger charge is -2.31. The van der Waals surface area contributed by atoms with Crippen molar-refractivity contribution >= 4 is 5.91 Å². The van der Waals surface area contributed by atoms with Crippen molar-refractivity contribution in [2.24, 2.45) is 5.92 Å². The molecular formula is C15H18F3NO2. The van der Waals surface area contributed by atoms with Crippen LogP contribution in [0.25, 0.3) is 0 Å². The Labute approximate surface area is 121 Å². The summed E-state index contributed by atoms with van der Waals surface area (Å²) in [7, 11) is 0. The van der Waals surface area contributed by atoms with Crippen LogP contribution in [0.2, 0.25) is 0 Å². The highest BCUT2D eigenvalue weighted by Gasteiger charge is 2.55. The predicted octanol–water partition coefficient (Wildman–Crippen LogP) is 2.74. The summed E-state index contributed by atoms with van der Waals surface area (Å²) in [5.74, 6) is -0.649. The Morgan fingerprint density at radius 1 is 1.19 bits per heavy atom. The summed E-state index contributed by atoms with van der Waals surface area (Å²) in [6.07, 6.45) is -1.64. The van der Waals surface area contributed by atoms with Crippen molar-refractivity contribution in [1.82, 2.24) is 5.32 Å². The number of carbonyl (C=O) groups is 1. The number of carbonyl (C=O) groups excluding carboxylic acids is 1. The standard InChI is InChI=1S/C15H18F3NO2/c16-15(17,18)14(21,12-8-2-1-3-9-12)10-19-13(20)11-6-4-5-7-11/h1-3,8-9,11,21H,4-7,10H2,(H,19,20). The van der Waals surface area contributed by atoms with Crippen molar-refractivity contribution in [3.05, 3.63) is 35.9 Å². The second-order valence-corrected chi connectivity index (χ2v) is 5.42. The Kier molecular flexibility index (Phi) is 4.56. The molecule has 21 heavy (non-hydrogen) atoms. The first-order valence-corrected chi connectivity index (χ1v) is 6.97. The molecule has 0 spiro atoms. The Balaban J connectivity index is 2.12. The molecule has 0 aliphatic heterocycles. The van der Waals surface area contributed by atoms with Gasteiger partial charge in [-0.25, -0.2) is 0 Å². The van der Waals surface area contributed by atoms with Crippen LogP contribution in [0, 0.1) is 5.92 Å². The van der Waals surface area contributed by atoms with E-state index in [1.54, 1.807) is 6.07 Å². The van der Waals surface area contributed by atoms with Crippen LogP contribution in [0.5, 0.6) is 0 Å². The zero-order valence-electron chi connectivity index (χ0n) is 11.5. The summed E-state index contributed by atoms with van der Waals surface area (Å²) in [5.41, 5.74) is -3.34. The number of rotatable bonds is 4. The van der Waals surface area contributed by atoms with Gasteiger partial charge in [0.1, 0.15) is 0 Å². The van der Waals surface area contributed by atoms with Gasteiger partial charge in [-0.05, 0) is 18.4 Å². The molecule has 2 rings (SSSR count). The van der Waals surface area contributed by atoms with Crippen LogP contribution >= 0.6 is 0 Å². The maximum atomic E-state index is 13.2. The van der Waals surface area contributed by atoms with E-state index < -0.39 is 24.2 Å². The molecule has 3 nitrogen and oxygen atoms in total. The molecule has 0 saturated heterocycles. The van der Waals surface area contributed by atoms with E-state index in [-0.39, 0.29) is 11.5 Å². The highest BCUT2D eigenvalue weighted by Crippen LogP contribution is 2.38. The van der Waals surface area contributed by atoms with E-state index in [0.29, 0.717) is 12.8 Å². The van der Waals surface area contributed by atoms with Gasteiger partial charge in [0.05, 0.1) is 6.54 Å². The molecule has 1 aromatic carbocycles. The van der Waals surface area contributed by atoms with Crippen molar-refractivity contribution in [1.29, 1.82) is 0 Å². The van der Waals surface area contributed by atoms with Gasteiger partial charge in [0.15, 0.2) is 0 Å². The SMILES string of the molecule is O=C(NCC(O)(c1ccccc1)C(F)(F)F)C1CCCC1. The molecule has 1 aliphatic carbocycles. The van der Waals surface area contributed by atoms with Crippen LogP contribution in [0.3, 0.4) is 0 Å². The molecule has 1 amide bonds. The first-order chi connectivity index (χ1) is 9.84. The monoisotopic (exact) mass is 301 g/mol. The number of benzene rings is 1. The highest BCUT2D eigenvalue weighted by atomic mass is 19.4. The fraction of sp³-hybridized carbons (Fsp3) is 0.533. The average Bonchev–Trinajstić information content (AvgIpc) is 2.98. The fourth-order valence-corrected chi connectivity index (χ4v) is 2.63. The smallest absolute Gasteiger partial charge is 0.375 e. The van der Waals surface area contributed by atoms with E-state index in [1.165, 1.54) is 24.3 Å². The average molecular weight is 301 g/mol. The van der Waals surface area contributed by atoms with Crippen LogP contribution in [-0.2, 0) is 10.4 Å². The number of aliphatic hydroxyl groups is 1. The molecule has 1 fully saturated rings. The number of alkyl halides is 3. The topological polar surface area (TPSA) is 49.3 Å². The normalized spacial score (nSPS) is 19.2. The lowest BCUT2D eigenvalue weighted by Crippen LogP contribution is -2.51. The lowest BCUT2D eigenvalue weighted by atomic mass is 9.92. The maximum absolute atomic E-state index is 13.2. The van der Waals surface area contributed by atoms with Gasteiger partial charge in [-0.1, -0.05) is 43.2 Å². The minimum absolute atomic E-state index is 0.238. The summed E-state index contributed by atoms with van der Waals surface area (Å²) in [6, 6.07) is 6.82. The van der Waals surface area contributed by atoms with Gasteiger partial charge >= 0.3 is 6.18 Å². The van der Waals surface area contributed by atoms with E-state index in [1.807, 2.05) is 0 Å². The molecule has 0 bridgehead atoms. The Morgan fingerprint density at radius 2 is 1.76 bits per heavy atom. The third kappa shape index (κ3) is 3.37. The van der Waals surface area contributed by atoms with Crippen molar-refractivity contribution in [2.45, 2.75) is 37.5 Å². The number of hydrogen-bond acceptors (Lipinski definition) is 2. The number of halogens is 3. The number of nitrogens with one attached hydrogen (secondary N) is 1. The van der Waals surface area contributed by atoms with Crippen molar-refractivity contribution < 1.29 is 23.1 Å². The van der Waals surface area contributed by atoms with E-state index in [0.717, 1.165) is 12.8 Å². The van der Waals surface area contributed by atoms with Crippen molar-refractivity contribution in [3.63, 3.8) is 0 Å². The molecule has 1 aliphatic rings. The molecule has 1 unspecified atom stereocenters. The molecular weight excluding hydrogens is 283 g/mol. The molecule has 0 radical (unpaired) electrons. The van der Waals surface area contributed by atoms with Crippen molar-refractivity contribution in [3.8, 4) is 0 Å². The first kappa shape index (κ1) is 15.8.